The maximum Gasteiger partial charge on any atom is 0.359 e. The fourth-order valence-corrected chi connectivity index (χ4v) is 5.80. The standard InChI is InChI=1S/C22H29ClN7O8P/c23-21-28-18(27-12-4-1-2-5-12)13-9-26-30(19(13)29-21)20-17(33)16(32)14(38-20)10-37-22(11-31,39(34,35)36)8-15-24-6-3-7-25-15/h3,6-7,9,12,14,16-17,20,31-33H,1-2,4-5,8,10-11H2,(H,27,28,29)(H2,34,35,36)/t14-,16-,17-,20-,22?/m1/s1. The summed E-state index contributed by atoms with van der Waals surface area (Å²) in [7, 11) is -5.09. The van der Waals surface area contributed by atoms with Gasteiger partial charge in [-0.25, -0.2) is 14.6 Å². The number of anilines is 1. The normalized spacial score (nSPS) is 25.8. The first kappa shape index (κ1) is 28.2. The molecule has 212 valence electrons. The largest absolute Gasteiger partial charge is 0.393 e. The summed E-state index contributed by atoms with van der Waals surface area (Å²) in [6.07, 6.45) is 2.47. The van der Waals surface area contributed by atoms with Gasteiger partial charge < -0.3 is 39.9 Å². The molecule has 3 aromatic heterocycles. The maximum absolute atomic E-state index is 12.4. The number of rotatable bonds is 10. The zero-order valence-corrected chi connectivity index (χ0v) is 22.3. The summed E-state index contributed by atoms with van der Waals surface area (Å²) in [6.45, 7) is -1.66. The minimum Gasteiger partial charge on any atom is -0.393 e. The molecule has 4 heterocycles. The van der Waals surface area contributed by atoms with Crippen molar-refractivity contribution in [1.29, 1.82) is 0 Å². The van der Waals surface area contributed by atoms with E-state index in [1.54, 1.807) is 0 Å². The minimum absolute atomic E-state index is 0.0299. The van der Waals surface area contributed by atoms with Crippen molar-refractivity contribution < 1.29 is 39.1 Å². The minimum atomic E-state index is -5.09. The average molecular weight is 586 g/mol. The number of nitrogens with one attached hydrogen (secondary N) is 1. The first-order chi connectivity index (χ1) is 18.6. The predicted octanol–water partition coefficient (Wildman–Crippen LogP) is 0.369. The second kappa shape index (κ2) is 11.3. The summed E-state index contributed by atoms with van der Waals surface area (Å²) in [5, 5.41) is 37.2. The molecule has 6 N–H and O–H groups in total. The molecule has 0 bridgehead atoms. The summed E-state index contributed by atoms with van der Waals surface area (Å²) >= 11 is 6.18. The van der Waals surface area contributed by atoms with Crippen molar-refractivity contribution in [2.24, 2.45) is 0 Å². The van der Waals surface area contributed by atoms with E-state index in [1.165, 1.54) is 29.3 Å². The maximum atomic E-state index is 12.4. The van der Waals surface area contributed by atoms with Gasteiger partial charge in [0.25, 0.3) is 0 Å². The van der Waals surface area contributed by atoms with Crippen molar-refractivity contribution in [1.82, 2.24) is 29.7 Å². The van der Waals surface area contributed by atoms with Crippen molar-refractivity contribution in [3.05, 3.63) is 35.8 Å². The zero-order chi connectivity index (χ0) is 27.8. The lowest BCUT2D eigenvalue weighted by atomic mass is 10.1. The van der Waals surface area contributed by atoms with Gasteiger partial charge in [-0.05, 0) is 30.5 Å². The number of aliphatic hydroxyl groups is 3. The number of hydrogen-bond acceptors (Lipinski definition) is 12. The topological polar surface area (TPSA) is 218 Å². The molecule has 0 amide bonds. The fourth-order valence-electron chi connectivity index (χ4n) is 4.87. The zero-order valence-electron chi connectivity index (χ0n) is 20.6. The van der Waals surface area contributed by atoms with Crippen LogP contribution in [0.3, 0.4) is 0 Å². The van der Waals surface area contributed by atoms with Crippen LogP contribution in [-0.2, 0) is 20.5 Å². The first-order valence-corrected chi connectivity index (χ1v) is 14.4. The first-order valence-electron chi connectivity index (χ1n) is 12.4. The Balaban J connectivity index is 1.36. The van der Waals surface area contributed by atoms with Crippen LogP contribution in [-0.4, -0.2) is 97.7 Å². The SMILES string of the molecule is O=P(O)(O)C(CO)(Cc1ncccn1)OC[C@H]1O[C@@H](n2ncc3c(NC4CCCC4)nc(Cl)nc32)[C@H](O)[C@@H]1O. The summed E-state index contributed by atoms with van der Waals surface area (Å²) < 4.78 is 25.0. The molecule has 15 nitrogen and oxygen atoms in total. The predicted molar refractivity (Wildman–Crippen MR) is 136 cm³/mol. The Morgan fingerprint density at radius 2 is 1.90 bits per heavy atom. The highest BCUT2D eigenvalue weighted by Crippen LogP contribution is 2.53. The number of aromatic nitrogens is 6. The Labute approximate surface area is 227 Å². The van der Waals surface area contributed by atoms with Crippen LogP contribution < -0.4 is 5.32 Å². The molecular weight excluding hydrogens is 557 g/mol. The number of halogens is 1. The van der Waals surface area contributed by atoms with Crippen molar-refractivity contribution in [3.8, 4) is 0 Å². The highest BCUT2D eigenvalue weighted by Gasteiger charge is 2.51. The van der Waals surface area contributed by atoms with Crippen LogP contribution in [0.1, 0.15) is 37.7 Å². The number of fused-ring (bicyclic) bond motifs is 1. The number of aliphatic hydroxyl groups excluding tert-OH is 3. The molecule has 1 saturated carbocycles. The number of hydrogen-bond donors (Lipinski definition) is 6. The second-order valence-corrected chi connectivity index (χ2v) is 11.9. The smallest absolute Gasteiger partial charge is 0.359 e. The number of nitrogens with zero attached hydrogens (tertiary/aromatic N) is 6. The molecule has 5 rings (SSSR count). The van der Waals surface area contributed by atoms with E-state index in [2.05, 4.69) is 30.4 Å². The fraction of sp³-hybridized carbons (Fsp3) is 0.591. The van der Waals surface area contributed by atoms with Crippen LogP contribution in [0.15, 0.2) is 24.7 Å². The van der Waals surface area contributed by atoms with Gasteiger partial charge in [-0.3, -0.25) is 4.57 Å². The summed E-state index contributed by atoms with van der Waals surface area (Å²) in [5.41, 5.74) is 0.259. The van der Waals surface area contributed by atoms with E-state index in [0.29, 0.717) is 11.2 Å². The highest BCUT2D eigenvalue weighted by atomic mass is 35.5. The second-order valence-electron chi connectivity index (χ2n) is 9.64. The van der Waals surface area contributed by atoms with Crippen molar-refractivity contribution >= 4 is 36.0 Å². The molecule has 39 heavy (non-hydrogen) atoms. The molecule has 0 aromatic carbocycles. The van der Waals surface area contributed by atoms with Crippen LogP contribution in [0.4, 0.5) is 5.82 Å². The van der Waals surface area contributed by atoms with Gasteiger partial charge in [0, 0.05) is 18.4 Å². The molecule has 3 aromatic rings. The Morgan fingerprint density at radius 3 is 2.56 bits per heavy atom. The van der Waals surface area contributed by atoms with Gasteiger partial charge in [-0.2, -0.15) is 15.1 Å². The molecular formula is C22H29ClN7O8P. The third kappa shape index (κ3) is 5.64. The van der Waals surface area contributed by atoms with Gasteiger partial charge in [0.2, 0.25) is 5.28 Å². The Bertz CT molecular complexity index is 1340. The molecule has 0 radical (unpaired) electrons. The van der Waals surface area contributed by atoms with Crippen LogP contribution in [0.2, 0.25) is 5.28 Å². The van der Waals surface area contributed by atoms with E-state index in [0.717, 1.165) is 25.7 Å². The molecule has 1 saturated heterocycles. The summed E-state index contributed by atoms with van der Waals surface area (Å²) in [6, 6.07) is 1.76. The highest BCUT2D eigenvalue weighted by molar-refractivity contribution is 7.53. The Morgan fingerprint density at radius 1 is 1.18 bits per heavy atom. The van der Waals surface area contributed by atoms with Gasteiger partial charge in [0.1, 0.15) is 30.0 Å². The average Bonchev–Trinajstić information content (AvgIpc) is 3.63. The molecule has 5 atom stereocenters. The van der Waals surface area contributed by atoms with E-state index < -0.39 is 57.1 Å². The number of ether oxygens (including phenoxy) is 2. The van der Waals surface area contributed by atoms with Gasteiger partial charge in [-0.1, -0.05) is 12.8 Å². The van der Waals surface area contributed by atoms with E-state index >= 15 is 0 Å². The monoisotopic (exact) mass is 585 g/mol. The van der Waals surface area contributed by atoms with Gasteiger partial charge in [-0.15, -0.1) is 0 Å². The van der Waals surface area contributed by atoms with Gasteiger partial charge in [0.15, 0.2) is 17.2 Å². The van der Waals surface area contributed by atoms with Crippen LogP contribution in [0.5, 0.6) is 0 Å². The molecule has 1 aliphatic heterocycles. The molecule has 2 aliphatic rings. The Kier molecular flexibility index (Phi) is 8.15. The lowest BCUT2D eigenvalue weighted by molar-refractivity contribution is -0.109. The van der Waals surface area contributed by atoms with Gasteiger partial charge in [0.05, 0.1) is 31.2 Å². The van der Waals surface area contributed by atoms with Gasteiger partial charge >= 0.3 is 7.60 Å². The van der Waals surface area contributed by atoms with Crippen LogP contribution >= 0.6 is 19.2 Å². The molecule has 1 aliphatic carbocycles. The van der Waals surface area contributed by atoms with Crippen LogP contribution in [0, 0.1) is 0 Å². The van der Waals surface area contributed by atoms with E-state index in [1.807, 2.05) is 0 Å². The van der Waals surface area contributed by atoms with Crippen molar-refractivity contribution in [2.45, 2.75) is 68.0 Å². The van der Waals surface area contributed by atoms with E-state index in [-0.39, 0.29) is 22.8 Å². The lowest BCUT2D eigenvalue weighted by Crippen LogP contribution is -2.43. The molecule has 2 fully saturated rings. The lowest BCUT2D eigenvalue weighted by Gasteiger charge is -2.33. The van der Waals surface area contributed by atoms with E-state index in [9.17, 15) is 29.7 Å². The molecule has 1 unspecified atom stereocenters. The van der Waals surface area contributed by atoms with Crippen LogP contribution in [0.25, 0.3) is 11.0 Å². The molecule has 0 spiro atoms. The van der Waals surface area contributed by atoms with Crippen molar-refractivity contribution in [2.75, 3.05) is 18.5 Å². The quantitative estimate of drug-likeness (QED) is 0.140. The summed E-state index contributed by atoms with van der Waals surface area (Å²) in [4.78, 5) is 36.5. The summed E-state index contributed by atoms with van der Waals surface area (Å²) in [5.74, 6) is 0.524. The Hall–Kier alpha value is -2.33. The van der Waals surface area contributed by atoms with E-state index in [4.69, 9.17) is 21.1 Å². The third-order valence-corrected chi connectivity index (χ3v) is 8.71. The van der Waals surface area contributed by atoms with Crippen molar-refractivity contribution in [3.63, 3.8) is 0 Å². The molecule has 17 heteroatoms. The third-order valence-electron chi connectivity index (χ3n) is 7.05.